The smallest absolute Gasteiger partial charge is 0.162 e. The van der Waals surface area contributed by atoms with Crippen LogP contribution in [0.5, 0.6) is 0 Å². The van der Waals surface area contributed by atoms with Gasteiger partial charge in [0.25, 0.3) is 0 Å². The van der Waals surface area contributed by atoms with Gasteiger partial charge >= 0.3 is 0 Å². The highest BCUT2D eigenvalue weighted by molar-refractivity contribution is 5.95. The van der Waals surface area contributed by atoms with Crippen molar-refractivity contribution in [1.29, 1.82) is 0 Å². The molecule has 0 unspecified atom stereocenters. The summed E-state index contributed by atoms with van der Waals surface area (Å²) in [5, 5.41) is 2.55. The number of fused-ring (bicyclic) bond motifs is 2. The standard InChI is InChI=1S/C17H19N3/c1-4-8-20(9-5-1)12-17-18-15-10-13-6-2-3-7-14(13)11-16(15)19-17/h2-3,6-7,10-11H,1,4-5,8-9,12H2,(H,18,19)/p+1. The van der Waals surface area contributed by atoms with Crippen LogP contribution in [0, 0.1) is 0 Å². The number of H-pyrrole nitrogens is 1. The van der Waals surface area contributed by atoms with Crippen molar-refractivity contribution < 1.29 is 4.90 Å². The van der Waals surface area contributed by atoms with Gasteiger partial charge in [-0.25, -0.2) is 4.98 Å². The number of nitrogens with zero attached hydrogens (tertiary/aromatic N) is 1. The van der Waals surface area contributed by atoms with Gasteiger partial charge in [0, 0.05) is 0 Å². The highest BCUT2D eigenvalue weighted by Crippen LogP contribution is 2.20. The van der Waals surface area contributed by atoms with Gasteiger partial charge in [0.05, 0.1) is 24.1 Å². The van der Waals surface area contributed by atoms with Crippen molar-refractivity contribution in [1.82, 2.24) is 9.97 Å². The zero-order chi connectivity index (χ0) is 13.4. The van der Waals surface area contributed by atoms with Crippen LogP contribution in [0.15, 0.2) is 36.4 Å². The van der Waals surface area contributed by atoms with Crippen LogP contribution in [0.4, 0.5) is 0 Å². The van der Waals surface area contributed by atoms with Gasteiger partial charge in [0.1, 0.15) is 6.54 Å². The first-order chi connectivity index (χ1) is 9.88. The van der Waals surface area contributed by atoms with Crippen LogP contribution in [-0.4, -0.2) is 23.1 Å². The molecule has 0 aliphatic carbocycles. The number of benzene rings is 2. The number of aromatic nitrogens is 2. The first-order valence-corrected chi connectivity index (χ1v) is 7.59. The molecule has 20 heavy (non-hydrogen) atoms. The largest absolute Gasteiger partial charge is 0.337 e. The van der Waals surface area contributed by atoms with Crippen LogP contribution in [0.25, 0.3) is 21.8 Å². The summed E-state index contributed by atoms with van der Waals surface area (Å²) in [5.74, 6) is 1.13. The SMILES string of the molecule is c1ccc2cc3[nH]c(C[NH+]4CCCCC4)nc3cc2c1. The lowest BCUT2D eigenvalue weighted by atomic mass is 10.1. The number of imidazole rings is 1. The molecule has 1 fully saturated rings. The average Bonchev–Trinajstić information content (AvgIpc) is 2.86. The van der Waals surface area contributed by atoms with Gasteiger partial charge in [-0.2, -0.15) is 0 Å². The minimum atomic E-state index is 1.03. The van der Waals surface area contributed by atoms with Gasteiger partial charge in [0.2, 0.25) is 0 Å². The third-order valence-electron chi connectivity index (χ3n) is 4.38. The molecular weight excluding hydrogens is 246 g/mol. The molecule has 1 aliphatic rings. The molecule has 0 radical (unpaired) electrons. The number of nitrogens with one attached hydrogen (secondary N) is 2. The van der Waals surface area contributed by atoms with Gasteiger partial charge in [-0.1, -0.05) is 24.3 Å². The number of piperidine rings is 1. The Morgan fingerprint density at radius 3 is 2.55 bits per heavy atom. The minimum absolute atomic E-state index is 1.03. The van der Waals surface area contributed by atoms with E-state index in [0.717, 1.165) is 23.4 Å². The molecule has 0 amide bonds. The van der Waals surface area contributed by atoms with E-state index in [1.165, 1.54) is 43.1 Å². The summed E-state index contributed by atoms with van der Waals surface area (Å²) >= 11 is 0. The van der Waals surface area contributed by atoms with Crippen molar-refractivity contribution >= 4 is 21.8 Å². The zero-order valence-electron chi connectivity index (χ0n) is 11.7. The molecule has 0 spiro atoms. The molecule has 2 N–H and O–H groups in total. The van der Waals surface area contributed by atoms with E-state index in [-0.39, 0.29) is 0 Å². The Morgan fingerprint density at radius 1 is 1.00 bits per heavy atom. The summed E-state index contributed by atoms with van der Waals surface area (Å²) in [5.41, 5.74) is 2.25. The third-order valence-corrected chi connectivity index (χ3v) is 4.38. The first-order valence-electron chi connectivity index (χ1n) is 7.59. The molecule has 3 aromatic rings. The van der Waals surface area contributed by atoms with Gasteiger partial charge < -0.3 is 9.88 Å². The van der Waals surface area contributed by atoms with E-state index in [1.807, 2.05) is 0 Å². The van der Waals surface area contributed by atoms with Crippen molar-refractivity contribution in [2.24, 2.45) is 0 Å². The van der Waals surface area contributed by atoms with Crippen molar-refractivity contribution in [2.75, 3.05) is 13.1 Å². The van der Waals surface area contributed by atoms with Gasteiger partial charge in [-0.3, -0.25) is 0 Å². The summed E-state index contributed by atoms with van der Waals surface area (Å²) in [6, 6.07) is 12.9. The maximum atomic E-state index is 4.78. The van der Waals surface area contributed by atoms with E-state index in [0.29, 0.717) is 0 Å². The van der Waals surface area contributed by atoms with E-state index >= 15 is 0 Å². The molecule has 2 aromatic carbocycles. The van der Waals surface area contributed by atoms with Gasteiger partial charge in [-0.05, 0) is 42.2 Å². The summed E-state index contributed by atoms with van der Waals surface area (Å²) in [6.45, 7) is 3.61. The van der Waals surface area contributed by atoms with Crippen molar-refractivity contribution in [2.45, 2.75) is 25.8 Å². The third kappa shape index (κ3) is 2.18. The van der Waals surface area contributed by atoms with Crippen LogP contribution >= 0.6 is 0 Å². The summed E-state index contributed by atoms with van der Waals surface area (Å²) < 4.78 is 0. The molecule has 0 bridgehead atoms. The zero-order valence-corrected chi connectivity index (χ0v) is 11.7. The van der Waals surface area contributed by atoms with Gasteiger partial charge in [0.15, 0.2) is 5.82 Å². The van der Waals surface area contributed by atoms with Crippen LogP contribution < -0.4 is 4.90 Å². The fourth-order valence-corrected chi connectivity index (χ4v) is 3.30. The quantitative estimate of drug-likeness (QED) is 0.733. The Bertz CT molecular complexity index is 686. The first kappa shape index (κ1) is 11.9. The summed E-state index contributed by atoms with van der Waals surface area (Å²) in [4.78, 5) is 9.95. The second-order valence-electron chi connectivity index (χ2n) is 5.89. The molecule has 0 saturated carbocycles. The van der Waals surface area contributed by atoms with Crippen LogP contribution in [0.2, 0.25) is 0 Å². The number of hydrogen-bond donors (Lipinski definition) is 2. The van der Waals surface area contributed by atoms with Gasteiger partial charge in [-0.15, -0.1) is 0 Å². The Balaban J connectivity index is 1.68. The molecule has 1 aromatic heterocycles. The average molecular weight is 266 g/mol. The molecule has 0 atom stereocenters. The molecule has 1 aliphatic heterocycles. The van der Waals surface area contributed by atoms with Crippen molar-refractivity contribution in [3.63, 3.8) is 0 Å². The number of rotatable bonds is 2. The van der Waals surface area contributed by atoms with Crippen LogP contribution in [0.1, 0.15) is 25.1 Å². The Kier molecular flexibility index (Phi) is 2.92. The Labute approximate surface area is 118 Å². The van der Waals surface area contributed by atoms with E-state index in [1.54, 1.807) is 4.90 Å². The second-order valence-corrected chi connectivity index (χ2v) is 5.89. The van der Waals surface area contributed by atoms with Crippen LogP contribution in [-0.2, 0) is 6.54 Å². The molecule has 1 saturated heterocycles. The van der Waals surface area contributed by atoms with E-state index in [4.69, 9.17) is 4.98 Å². The Hall–Kier alpha value is -1.87. The predicted molar refractivity (Wildman–Crippen MR) is 81.9 cm³/mol. The number of aromatic amines is 1. The van der Waals surface area contributed by atoms with Crippen LogP contribution in [0.3, 0.4) is 0 Å². The monoisotopic (exact) mass is 266 g/mol. The lowest BCUT2D eigenvalue weighted by Gasteiger charge is -2.22. The number of quaternary nitrogens is 1. The maximum Gasteiger partial charge on any atom is 0.162 e. The normalized spacial score (nSPS) is 17.0. The molecule has 2 heterocycles. The lowest BCUT2D eigenvalue weighted by molar-refractivity contribution is -0.919. The molecule has 4 rings (SSSR count). The molecular formula is C17H20N3+. The number of hydrogen-bond acceptors (Lipinski definition) is 1. The van der Waals surface area contributed by atoms with Crippen molar-refractivity contribution in [3.05, 3.63) is 42.2 Å². The minimum Gasteiger partial charge on any atom is -0.337 e. The molecule has 102 valence electrons. The highest BCUT2D eigenvalue weighted by Gasteiger charge is 2.16. The summed E-state index contributed by atoms with van der Waals surface area (Å²) in [6.07, 6.45) is 4.12. The van der Waals surface area contributed by atoms with E-state index < -0.39 is 0 Å². The fourth-order valence-electron chi connectivity index (χ4n) is 3.30. The van der Waals surface area contributed by atoms with Crippen molar-refractivity contribution in [3.8, 4) is 0 Å². The lowest BCUT2D eigenvalue weighted by Crippen LogP contribution is -3.11. The second kappa shape index (κ2) is 4.91. The number of likely N-dealkylation sites (tertiary alicyclic amines) is 1. The summed E-state index contributed by atoms with van der Waals surface area (Å²) in [7, 11) is 0. The fraction of sp³-hybridized carbons (Fsp3) is 0.353. The Morgan fingerprint density at radius 2 is 1.75 bits per heavy atom. The highest BCUT2D eigenvalue weighted by atomic mass is 15.1. The topological polar surface area (TPSA) is 33.1 Å². The maximum absolute atomic E-state index is 4.78. The molecule has 3 heteroatoms. The van der Waals surface area contributed by atoms with E-state index in [2.05, 4.69) is 41.4 Å². The van der Waals surface area contributed by atoms with E-state index in [9.17, 15) is 0 Å². The predicted octanol–water partition coefficient (Wildman–Crippen LogP) is 2.28. The molecule has 3 nitrogen and oxygen atoms in total.